The summed E-state index contributed by atoms with van der Waals surface area (Å²) in [5.74, 6) is -0.963. The monoisotopic (exact) mass is 396 g/mol. The summed E-state index contributed by atoms with van der Waals surface area (Å²) in [5.41, 5.74) is 2.23. The molecular weight excluding hydrogens is 379 g/mol. The fourth-order valence-electron chi connectivity index (χ4n) is 2.61. The molecule has 0 aromatic heterocycles. The average Bonchev–Trinajstić information content (AvgIpc) is 2.70. The number of hydrogen-bond donors (Lipinski definition) is 2. The smallest absolute Gasteiger partial charge is 0.255 e. The van der Waals surface area contributed by atoms with Crippen molar-refractivity contribution in [2.24, 2.45) is 0 Å². The number of carbonyl (C=O) groups is 2. The van der Waals surface area contributed by atoms with Crippen molar-refractivity contribution >= 4 is 34.8 Å². The van der Waals surface area contributed by atoms with Gasteiger partial charge >= 0.3 is 0 Å². The van der Waals surface area contributed by atoms with Crippen molar-refractivity contribution in [1.29, 1.82) is 0 Å². The molecule has 0 aliphatic rings. The second-order valence-corrected chi connectivity index (χ2v) is 6.60. The number of nitrogens with one attached hydrogen (secondary N) is 2. The van der Waals surface area contributed by atoms with E-state index >= 15 is 0 Å². The lowest BCUT2D eigenvalue weighted by Gasteiger charge is -2.10. The van der Waals surface area contributed by atoms with Gasteiger partial charge < -0.3 is 10.6 Å². The molecule has 0 aliphatic heterocycles. The van der Waals surface area contributed by atoms with Gasteiger partial charge in [-0.1, -0.05) is 41.9 Å². The molecule has 0 fully saturated rings. The number of rotatable bonds is 6. The summed E-state index contributed by atoms with van der Waals surface area (Å²) in [7, 11) is 0. The Labute approximate surface area is 167 Å². The van der Waals surface area contributed by atoms with Gasteiger partial charge in [0.2, 0.25) is 5.91 Å². The highest BCUT2D eigenvalue weighted by molar-refractivity contribution is 6.34. The summed E-state index contributed by atoms with van der Waals surface area (Å²) in [6, 6.07) is 19.8. The summed E-state index contributed by atoms with van der Waals surface area (Å²) < 4.78 is 13.0. The van der Waals surface area contributed by atoms with Crippen LogP contribution in [0.15, 0.2) is 72.8 Å². The van der Waals surface area contributed by atoms with Crippen LogP contribution in [0.5, 0.6) is 0 Å². The molecule has 0 saturated carbocycles. The third kappa shape index (κ3) is 5.41. The van der Waals surface area contributed by atoms with Crippen molar-refractivity contribution in [3.63, 3.8) is 0 Å². The Kier molecular flexibility index (Phi) is 6.40. The zero-order valence-electron chi connectivity index (χ0n) is 14.9. The molecule has 3 rings (SSSR count). The zero-order chi connectivity index (χ0) is 19.9. The molecule has 3 aromatic carbocycles. The van der Waals surface area contributed by atoms with Crippen molar-refractivity contribution in [3.05, 3.63) is 94.8 Å². The third-order valence-electron chi connectivity index (χ3n) is 4.09. The van der Waals surface area contributed by atoms with Gasteiger partial charge in [0, 0.05) is 17.7 Å². The van der Waals surface area contributed by atoms with E-state index in [4.69, 9.17) is 11.6 Å². The Morgan fingerprint density at radius 2 is 1.61 bits per heavy atom. The molecule has 0 bridgehead atoms. The van der Waals surface area contributed by atoms with E-state index in [1.54, 1.807) is 12.1 Å². The van der Waals surface area contributed by atoms with E-state index in [1.165, 1.54) is 30.3 Å². The van der Waals surface area contributed by atoms with E-state index < -0.39 is 0 Å². The third-order valence-corrected chi connectivity index (χ3v) is 4.42. The van der Waals surface area contributed by atoms with Gasteiger partial charge in [-0.3, -0.25) is 9.59 Å². The van der Waals surface area contributed by atoms with Crippen molar-refractivity contribution in [1.82, 2.24) is 0 Å². The maximum atomic E-state index is 13.0. The predicted octanol–water partition coefficient (Wildman–Crippen LogP) is 5.30. The van der Waals surface area contributed by atoms with E-state index in [1.807, 2.05) is 30.3 Å². The lowest BCUT2D eigenvalue weighted by Crippen LogP contribution is -2.15. The highest BCUT2D eigenvalue weighted by Crippen LogP contribution is 2.24. The van der Waals surface area contributed by atoms with Crippen molar-refractivity contribution in [2.45, 2.75) is 12.8 Å². The Balaban J connectivity index is 1.64. The molecule has 0 atom stereocenters. The Bertz CT molecular complexity index is 976. The number of anilines is 2. The largest absolute Gasteiger partial charge is 0.325 e. The lowest BCUT2D eigenvalue weighted by molar-refractivity contribution is -0.116. The van der Waals surface area contributed by atoms with E-state index in [0.29, 0.717) is 34.8 Å². The standard InChI is InChI=1S/C22H18ClFN2O2/c23-19-12-7-16(22(28)25-18-10-8-17(24)9-11-18)14-20(19)26-21(27)13-6-15-4-2-1-3-5-15/h1-5,7-12,14H,6,13H2,(H,25,28)(H,26,27). The van der Waals surface area contributed by atoms with Crippen LogP contribution in [0, 0.1) is 5.82 Å². The van der Waals surface area contributed by atoms with Gasteiger partial charge in [0.05, 0.1) is 10.7 Å². The van der Waals surface area contributed by atoms with Gasteiger partial charge in [-0.2, -0.15) is 0 Å². The van der Waals surface area contributed by atoms with Crippen LogP contribution in [-0.4, -0.2) is 11.8 Å². The number of carbonyl (C=O) groups excluding carboxylic acids is 2. The normalized spacial score (nSPS) is 10.4. The van der Waals surface area contributed by atoms with Crippen molar-refractivity contribution in [2.75, 3.05) is 10.6 Å². The summed E-state index contributed by atoms with van der Waals surface area (Å²) in [4.78, 5) is 24.6. The number of benzene rings is 3. The molecule has 4 nitrogen and oxygen atoms in total. The number of aryl methyl sites for hydroxylation is 1. The highest BCUT2D eigenvalue weighted by atomic mass is 35.5. The molecule has 0 radical (unpaired) electrons. The topological polar surface area (TPSA) is 58.2 Å². The number of amides is 2. The van der Waals surface area contributed by atoms with Crippen LogP contribution >= 0.6 is 11.6 Å². The zero-order valence-corrected chi connectivity index (χ0v) is 15.7. The first-order valence-electron chi connectivity index (χ1n) is 8.71. The molecule has 3 aromatic rings. The fraction of sp³-hybridized carbons (Fsp3) is 0.0909. The lowest BCUT2D eigenvalue weighted by atomic mass is 10.1. The van der Waals surface area contributed by atoms with E-state index in [9.17, 15) is 14.0 Å². The van der Waals surface area contributed by atoms with Gasteiger partial charge in [-0.25, -0.2) is 4.39 Å². The van der Waals surface area contributed by atoms with E-state index in [0.717, 1.165) is 5.56 Å². The molecule has 0 spiro atoms. The summed E-state index contributed by atoms with van der Waals surface area (Å²) in [6.45, 7) is 0. The molecule has 142 valence electrons. The molecule has 2 amide bonds. The van der Waals surface area contributed by atoms with Gasteiger partial charge in [0.1, 0.15) is 5.82 Å². The van der Waals surface area contributed by atoms with Crippen LogP contribution in [0.3, 0.4) is 0 Å². The molecule has 28 heavy (non-hydrogen) atoms. The first-order valence-corrected chi connectivity index (χ1v) is 9.09. The quantitative estimate of drug-likeness (QED) is 0.593. The minimum absolute atomic E-state index is 0.193. The highest BCUT2D eigenvalue weighted by Gasteiger charge is 2.12. The molecule has 0 heterocycles. The second kappa shape index (κ2) is 9.15. The maximum absolute atomic E-state index is 13.0. The second-order valence-electron chi connectivity index (χ2n) is 6.19. The molecule has 0 saturated heterocycles. The molecule has 6 heteroatoms. The first-order chi connectivity index (χ1) is 13.5. The SMILES string of the molecule is O=C(CCc1ccccc1)Nc1cc(C(=O)Nc2ccc(F)cc2)ccc1Cl. The van der Waals surface area contributed by atoms with Gasteiger partial charge in [-0.05, 0) is 54.4 Å². The summed E-state index contributed by atoms with van der Waals surface area (Å²) in [6.07, 6.45) is 0.904. The number of hydrogen-bond acceptors (Lipinski definition) is 2. The van der Waals surface area contributed by atoms with E-state index in [-0.39, 0.29) is 17.6 Å². The van der Waals surface area contributed by atoms with Gasteiger partial charge in [0.25, 0.3) is 5.91 Å². The van der Waals surface area contributed by atoms with Crippen molar-refractivity contribution < 1.29 is 14.0 Å². The minimum Gasteiger partial charge on any atom is -0.325 e. The van der Waals surface area contributed by atoms with Gasteiger partial charge in [-0.15, -0.1) is 0 Å². The van der Waals surface area contributed by atoms with Crippen LogP contribution in [0.25, 0.3) is 0 Å². The fourth-order valence-corrected chi connectivity index (χ4v) is 2.78. The summed E-state index contributed by atoms with van der Waals surface area (Å²) >= 11 is 6.15. The maximum Gasteiger partial charge on any atom is 0.255 e. The van der Waals surface area contributed by atoms with Crippen LogP contribution in [0.2, 0.25) is 5.02 Å². The predicted molar refractivity (Wildman–Crippen MR) is 109 cm³/mol. The Hall–Kier alpha value is -3.18. The molecule has 0 unspecified atom stereocenters. The van der Waals surface area contributed by atoms with E-state index in [2.05, 4.69) is 10.6 Å². The van der Waals surface area contributed by atoms with Gasteiger partial charge in [0.15, 0.2) is 0 Å². The molecule has 2 N–H and O–H groups in total. The van der Waals surface area contributed by atoms with Crippen molar-refractivity contribution in [3.8, 4) is 0 Å². The van der Waals surface area contributed by atoms with Crippen LogP contribution < -0.4 is 10.6 Å². The van der Waals surface area contributed by atoms with Crippen LogP contribution in [-0.2, 0) is 11.2 Å². The molecular formula is C22H18ClFN2O2. The minimum atomic E-state index is -0.386. The van der Waals surface area contributed by atoms with Crippen LogP contribution in [0.1, 0.15) is 22.3 Å². The number of halogens is 2. The molecule has 0 aliphatic carbocycles. The first kappa shape index (κ1) is 19.6. The summed E-state index contributed by atoms with van der Waals surface area (Å²) in [5, 5.41) is 5.76. The Morgan fingerprint density at radius 1 is 0.893 bits per heavy atom. The Morgan fingerprint density at radius 3 is 2.32 bits per heavy atom. The average molecular weight is 397 g/mol. The van der Waals surface area contributed by atoms with Crippen LogP contribution in [0.4, 0.5) is 15.8 Å².